The highest BCUT2D eigenvalue weighted by atomic mass is 19.4. The first kappa shape index (κ1) is 40.7. The molecular formula is C40H51F4N5O5. The van der Waals surface area contributed by atoms with Crippen molar-refractivity contribution in [3.05, 3.63) is 70.7 Å². The predicted octanol–water partition coefficient (Wildman–Crippen LogP) is 5.52. The van der Waals surface area contributed by atoms with Crippen molar-refractivity contribution in [1.82, 2.24) is 26.3 Å². The van der Waals surface area contributed by atoms with Gasteiger partial charge in [0.05, 0.1) is 17.5 Å². The Labute approximate surface area is 312 Å². The van der Waals surface area contributed by atoms with E-state index in [0.29, 0.717) is 55.5 Å². The molecule has 294 valence electrons. The lowest BCUT2D eigenvalue weighted by Crippen LogP contribution is -2.67. The third-order valence-electron chi connectivity index (χ3n) is 11.3. The van der Waals surface area contributed by atoms with Crippen molar-refractivity contribution in [3.8, 4) is 0 Å². The fourth-order valence-corrected chi connectivity index (χ4v) is 7.42. The van der Waals surface area contributed by atoms with Crippen LogP contribution in [0.5, 0.6) is 0 Å². The van der Waals surface area contributed by atoms with Crippen molar-refractivity contribution in [2.24, 2.45) is 17.8 Å². The zero-order valence-electron chi connectivity index (χ0n) is 31.3. The van der Waals surface area contributed by atoms with Crippen molar-refractivity contribution in [3.63, 3.8) is 0 Å². The van der Waals surface area contributed by atoms with Crippen LogP contribution < -0.4 is 21.3 Å². The number of carbonyl (C=O) groups excluding carboxylic acids is 4. The zero-order chi connectivity index (χ0) is 39.2. The predicted molar refractivity (Wildman–Crippen MR) is 196 cm³/mol. The number of hydrogen-bond donors (Lipinski definition) is 5. The van der Waals surface area contributed by atoms with Crippen LogP contribution in [0.3, 0.4) is 0 Å². The number of ether oxygens (including phenoxy) is 1. The number of alkyl halides is 3. The second kappa shape index (κ2) is 17.3. The van der Waals surface area contributed by atoms with Crippen LogP contribution in [0.15, 0.2) is 42.5 Å². The quantitative estimate of drug-likeness (QED) is 0.138. The fourth-order valence-electron chi connectivity index (χ4n) is 7.42. The van der Waals surface area contributed by atoms with Crippen LogP contribution in [0.1, 0.15) is 82.2 Å². The van der Waals surface area contributed by atoms with Crippen molar-refractivity contribution in [2.45, 2.75) is 103 Å². The molecule has 0 radical (unpaired) electrons. The maximum absolute atomic E-state index is 14.7. The Hall–Kier alpha value is -4.46. The lowest BCUT2D eigenvalue weighted by atomic mass is 9.78. The number of benzene rings is 2. The van der Waals surface area contributed by atoms with E-state index < -0.39 is 58.8 Å². The molecule has 1 aliphatic heterocycles. The summed E-state index contributed by atoms with van der Waals surface area (Å²) in [6.07, 6.45) is -2.54. The molecule has 54 heavy (non-hydrogen) atoms. The Bertz CT molecular complexity index is 1820. The molecule has 0 spiro atoms. The van der Waals surface area contributed by atoms with Crippen LogP contribution in [0.2, 0.25) is 0 Å². The highest BCUT2D eigenvalue weighted by Gasteiger charge is 2.47. The molecule has 5 N–H and O–H groups in total. The van der Waals surface area contributed by atoms with Crippen molar-refractivity contribution in [1.29, 1.82) is 0 Å². The largest absolute Gasteiger partial charge is 0.418 e. The van der Waals surface area contributed by atoms with Crippen LogP contribution in [0.4, 0.5) is 17.6 Å². The second-order valence-electron chi connectivity index (χ2n) is 14.9. The summed E-state index contributed by atoms with van der Waals surface area (Å²) >= 11 is 0. The van der Waals surface area contributed by atoms with E-state index in [0.717, 1.165) is 6.07 Å². The molecule has 2 aliphatic rings. The maximum atomic E-state index is 14.7. The monoisotopic (exact) mass is 757 g/mol. The smallest absolute Gasteiger partial charge is 0.381 e. The van der Waals surface area contributed by atoms with E-state index in [2.05, 4.69) is 26.3 Å². The maximum Gasteiger partial charge on any atom is 0.418 e. The van der Waals surface area contributed by atoms with Gasteiger partial charge in [-0.25, -0.2) is 4.39 Å². The standard InChI is InChI=1S/C40H51F4N5O5/c1-5-23(3)32(22-45-36(51)25-15-18-54-19-16-25)47-38(53)39(17-14-31-28(21-39)27-11-9-12-29(35(27)46-31)40(42,43)44)49-37(52)34(24(4)6-2)48-33(50)20-26-10-7-8-13-30(26)41/h7-13,23-25,32,34,46H,5-6,14-22H2,1-4H3,(H,45,51)(H,47,53)(H,48,50)(H,49,52)/t23-,24?,32?,34-,39+/m0/s1. The summed E-state index contributed by atoms with van der Waals surface area (Å²) in [4.78, 5) is 58.3. The van der Waals surface area contributed by atoms with E-state index in [-0.39, 0.29) is 61.1 Å². The van der Waals surface area contributed by atoms with Gasteiger partial charge in [-0.05, 0) is 60.8 Å². The molecule has 2 heterocycles. The summed E-state index contributed by atoms with van der Waals surface area (Å²) in [6, 6.07) is 8.08. The summed E-state index contributed by atoms with van der Waals surface area (Å²) in [6.45, 7) is 8.64. The number of aryl methyl sites for hydroxylation is 1. The van der Waals surface area contributed by atoms with Crippen molar-refractivity contribution < 1.29 is 41.5 Å². The summed E-state index contributed by atoms with van der Waals surface area (Å²) in [5.74, 6) is -3.16. The van der Waals surface area contributed by atoms with Crippen LogP contribution in [-0.4, -0.2) is 66.0 Å². The van der Waals surface area contributed by atoms with Gasteiger partial charge in [-0.3, -0.25) is 19.2 Å². The van der Waals surface area contributed by atoms with Crippen LogP contribution >= 0.6 is 0 Å². The summed E-state index contributed by atoms with van der Waals surface area (Å²) < 4.78 is 62.0. The Morgan fingerprint density at radius 3 is 2.33 bits per heavy atom. The molecule has 5 atom stereocenters. The molecule has 0 bridgehead atoms. The minimum Gasteiger partial charge on any atom is -0.381 e. The Balaban J connectivity index is 1.46. The number of fused-ring (bicyclic) bond motifs is 3. The van der Waals surface area contributed by atoms with Gasteiger partial charge in [-0.15, -0.1) is 0 Å². The van der Waals surface area contributed by atoms with Crippen molar-refractivity contribution >= 4 is 34.5 Å². The lowest BCUT2D eigenvalue weighted by Gasteiger charge is -2.40. The number of carbonyl (C=O) groups is 4. The van der Waals surface area contributed by atoms with Gasteiger partial charge in [-0.1, -0.05) is 70.9 Å². The number of aromatic amines is 1. The first-order chi connectivity index (χ1) is 25.7. The van der Waals surface area contributed by atoms with Gasteiger partial charge in [0.1, 0.15) is 17.4 Å². The third-order valence-corrected chi connectivity index (χ3v) is 11.3. The normalized spacial score (nSPS) is 19.9. The summed E-state index contributed by atoms with van der Waals surface area (Å²) in [5.41, 5.74) is -1.38. The van der Waals surface area contributed by atoms with E-state index >= 15 is 0 Å². The molecule has 1 aromatic heterocycles. The molecular weight excluding hydrogens is 706 g/mol. The number of rotatable bonds is 14. The zero-order valence-corrected chi connectivity index (χ0v) is 31.3. The van der Waals surface area contributed by atoms with E-state index in [1.165, 1.54) is 24.3 Å². The second-order valence-corrected chi connectivity index (χ2v) is 14.9. The molecule has 0 saturated carbocycles. The Morgan fingerprint density at radius 1 is 0.963 bits per heavy atom. The molecule has 14 heteroatoms. The van der Waals surface area contributed by atoms with E-state index in [9.17, 15) is 36.7 Å². The van der Waals surface area contributed by atoms with Gasteiger partial charge in [-0.2, -0.15) is 13.2 Å². The van der Waals surface area contributed by atoms with E-state index in [1.807, 2.05) is 20.8 Å². The van der Waals surface area contributed by atoms with Crippen LogP contribution in [-0.2, 0) is 49.4 Å². The minimum atomic E-state index is -4.63. The van der Waals surface area contributed by atoms with Crippen LogP contribution in [0, 0.1) is 23.6 Å². The average molecular weight is 758 g/mol. The Kier molecular flexibility index (Phi) is 13.1. The molecule has 2 aromatic carbocycles. The Morgan fingerprint density at radius 2 is 1.67 bits per heavy atom. The molecule has 3 aromatic rings. The third kappa shape index (κ3) is 9.24. The SMILES string of the molecule is CCC(C)[C@H](NC(=O)Cc1ccccc1F)C(=O)N[C@]1(C(=O)NC(CNC(=O)C2CCOCC2)[C@@H](C)CC)CCc2[nH]c3c(C(F)(F)F)cccc3c2C1. The first-order valence-corrected chi connectivity index (χ1v) is 18.9. The average Bonchev–Trinajstić information content (AvgIpc) is 3.53. The number of amides is 4. The van der Waals surface area contributed by atoms with Gasteiger partial charge in [0.2, 0.25) is 23.6 Å². The number of H-pyrrole nitrogens is 1. The topological polar surface area (TPSA) is 141 Å². The number of para-hydroxylation sites is 1. The van der Waals surface area contributed by atoms with Gasteiger partial charge >= 0.3 is 6.18 Å². The molecule has 4 amide bonds. The fraction of sp³-hybridized carbons (Fsp3) is 0.550. The van der Waals surface area contributed by atoms with E-state index in [1.54, 1.807) is 19.1 Å². The van der Waals surface area contributed by atoms with Gasteiger partial charge in [0.15, 0.2) is 0 Å². The molecule has 1 aliphatic carbocycles. The number of aromatic nitrogens is 1. The van der Waals surface area contributed by atoms with Gasteiger partial charge < -0.3 is 31.0 Å². The molecule has 2 unspecified atom stereocenters. The minimum absolute atomic E-state index is 0.0454. The lowest BCUT2D eigenvalue weighted by molar-refractivity contribution is -0.137. The summed E-state index contributed by atoms with van der Waals surface area (Å²) in [5, 5.41) is 12.1. The van der Waals surface area contributed by atoms with Gasteiger partial charge in [0.25, 0.3) is 0 Å². The van der Waals surface area contributed by atoms with E-state index in [4.69, 9.17) is 4.74 Å². The molecule has 1 saturated heterocycles. The van der Waals surface area contributed by atoms with Crippen LogP contribution in [0.25, 0.3) is 10.9 Å². The number of nitrogens with one attached hydrogen (secondary N) is 5. The first-order valence-electron chi connectivity index (χ1n) is 18.9. The summed E-state index contributed by atoms with van der Waals surface area (Å²) in [7, 11) is 0. The molecule has 5 rings (SSSR count). The number of halogens is 4. The van der Waals surface area contributed by atoms with Crippen molar-refractivity contribution in [2.75, 3.05) is 19.8 Å². The number of hydrogen-bond acceptors (Lipinski definition) is 5. The highest BCUT2D eigenvalue weighted by Crippen LogP contribution is 2.40. The molecule has 10 nitrogen and oxygen atoms in total. The molecule has 1 fully saturated rings. The van der Waals surface area contributed by atoms with Gasteiger partial charge in [0, 0.05) is 49.2 Å². The highest BCUT2D eigenvalue weighted by molar-refractivity contribution is 5.97.